The van der Waals surface area contributed by atoms with Gasteiger partial charge >= 0.3 is 0 Å². The second-order valence-corrected chi connectivity index (χ2v) is 7.01. The van der Waals surface area contributed by atoms with Gasteiger partial charge in [0.15, 0.2) is 0 Å². The smallest absolute Gasteiger partial charge is 0.0353 e. The molecule has 0 N–H and O–H groups in total. The van der Waals surface area contributed by atoms with Crippen molar-refractivity contribution < 1.29 is 0 Å². The van der Waals surface area contributed by atoms with Crippen LogP contribution in [0.4, 0.5) is 0 Å². The van der Waals surface area contributed by atoms with E-state index < -0.39 is 0 Å². The average molecular weight is 210 g/mol. The van der Waals surface area contributed by atoms with E-state index in [4.69, 9.17) is 0 Å². The lowest BCUT2D eigenvalue weighted by Gasteiger charge is -2.43. The fourth-order valence-electron chi connectivity index (χ4n) is 3.28. The lowest BCUT2D eigenvalue weighted by molar-refractivity contribution is 0.0658. The monoisotopic (exact) mass is 210 g/mol. The molecular weight excluding hydrogens is 180 g/mol. The highest BCUT2D eigenvalue weighted by atomic mass is 14.4. The van der Waals surface area contributed by atoms with Crippen LogP contribution in [0.5, 0.6) is 0 Å². The van der Waals surface area contributed by atoms with Gasteiger partial charge in [-0.15, -0.1) is 0 Å². The molecular formula is C15H30. The normalized spacial score (nSPS) is 30.6. The van der Waals surface area contributed by atoms with Crippen molar-refractivity contribution in [3.8, 4) is 0 Å². The van der Waals surface area contributed by atoms with Crippen LogP contribution in [0.2, 0.25) is 0 Å². The highest BCUT2D eigenvalue weighted by molar-refractivity contribution is 4.85. The van der Waals surface area contributed by atoms with Gasteiger partial charge in [-0.2, -0.15) is 0 Å². The standard InChI is InChI=1S/C15H30/c1-11(2)13-9-7-8-10-14(13)12(3)15(4,5)6/h11-14H,7-10H2,1-6H3. The minimum absolute atomic E-state index is 0.481. The van der Waals surface area contributed by atoms with Gasteiger partial charge in [-0.3, -0.25) is 0 Å². The minimum atomic E-state index is 0.481. The zero-order valence-corrected chi connectivity index (χ0v) is 11.6. The molecule has 0 heterocycles. The van der Waals surface area contributed by atoms with Gasteiger partial charge in [-0.05, 0) is 41.9 Å². The molecule has 1 rings (SSSR count). The molecule has 0 saturated heterocycles. The first-order chi connectivity index (χ1) is 6.84. The summed E-state index contributed by atoms with van der Waals surface area (Å²) in [6, 6.07) is 0. The van der Waals surface area contributed by atoms with Crippen molar-refractivity contribution in [1.29, 1.82) is 0 Å². The van der Waals surface area contributed by atoms with Crippen molar-refractivity contribution in [3.63, 3.8) is 0 Å². The molecule has 15 heavy (non-hydrogen) atoms. The molecule has 0 aromatic carbocycles. The van der Waals surface area contributed by atoms with Crippen LogP contribution in [0, 0.1) is 29.1 Å². The van der Waals surface area contributed by atoms with E-state index in [1.807, 2.05) is 0 Å². The summed E-state index contributed by atoms with van der Waals surface area (Å²) in [5.41, 5.74) is 0.481. The Kier molecular flexibility index (Phi) is 4.26. The molecule has 0 aromatic rings. The van der Waals surface area contributed by atoms with Crippen molar-refractivity contribution in [2.45, 2.75) is 67.2 Å². The number of rotatable bonds is 2. The van der Waals surface area contributed by atoms with E-state index >= 15 is 0 Å². The maximum atomic E-state index is 2.48. The summed E-state index contributed by atoms with van der Waals surface area (Å²) in [7, 11) is 0. The van der Waals surface area contributed by atoms with Gasteiger partial charge in [0.05, 0.1) is 0 Å². The predicted octanol–water partition coefficient (Wildman–Crippen LogP) is 5.13. The number of hydrogen-bond acceptors (Lipinski definition) is 0. The lowest BCUT2D eigenvalue weighted by Crippen LogP contribution is -2.35. The minimum Gasteiger partial charge on any atom is -0.0625 e. The SMILES string of the molecule is CC(C)C1CCCCC1C(C)C(C)(C)C. The Morgan fingerprint density at radius 2 is 1.33 bits per heavy atom. The van der Waals surface area contributed by atoms with E-state index in [1.54, 1.807) is 0 Å². The van der Waals surface area contributed by atoms with Gasteiger partial charge in [0.25, 0.3) is 0 Å². The Bertz CT molecular complexity index is 183. The average Bonchev–Trinajstić information content (AvgIpc) is 2.15. The quantitative estimate of drug-likeness (QED) is 0.592. The molecule has 3 unspecified atom stereocenters. The van der Waals surface area contributed by atoms with E-state index in [9.17, 15) is 0 Å². The van der Waals surface area contributed by atoms with Crippen LogP contribution in [-0.2, 0) is 0 Å². The Morgan fingerprint density at radius 1 is 0.867 bits per heavy atom. The topological polar surface area (TPSA) is 0 Å². The molecule has 0 aromatic heterocycles. The molecule has 0 aliphatic heterocycles. The van der Waals surface area contributed by atoms with Crippen LogP contribution in [-0.4, -0.2) is 0 Å². The third kappa shape index (κ3) is 3.23. The van der Waals surface area contributed by atoms with Gasteiger partial charge in [0, 0.05) is 0 Å². The van der Waals surface area contributed by atoms with Gasteiger partial charge in [0.1, 0.15) is 0 Å². The van der Waals surface area contributed by atoms with Crippen LogP contribution in [0.25, 0.3) is 0 Å². The summed E-state index contributed by atoms with van der Waals surface area (Å²) in [5, 5.41) is 0. The second kappa shape index (κ2) is 4.89. The van der Waals surface area contributed by atoms with Crippen molar-refractivity contribution in [2.24, 2.45) is 29.1 Å². The summed E-state index contributed by atoms with van der Waals surface area (Å²) >= 11 is 0. The molecule has 1 aliphatic carbocycles. The van der Waals surface area contributed by atoms with E-state index in [1.165, 1.54) is 25.7 Å². The highest BCUT2D eigenvalue weighted by Gasteiger charge is 2.36. The molecule has 0 nitrogen and oxygen atoms in total. The number of hydrogen-bond donors (Lipinski definition) is 0. The van der Waals surface area contributed by atoms with Crippen LogP contribution < -0.4 is 0 Å². The molecule has 0 bridgehead atoms. The first kappa shape index (κ1) is 13.1. The van der Waals surface area contributed by atoms with Crippen molar-refractivity contribution >= 4 is 0 Å². The first-order valence-corrected chi connectivity index (χ1v) is 6.84. The van der Waals surface area contributed by atoms with E-state index in [0.717, 1.165) is 23.7 Å². The molecule has 90 valence electrons. The van der Waals surface area contributed by atoms with Crippen molar-refractivity contribution in [2.75, 3.05) is 0 Å². The second-order valence-electron chi connectivity index (χ2n) is 7.01. The van der Waals surface area contributed by atoms with Gasteiger partial charge < -0.3 is 0 Å². The fourth-order valence-corrected chi connectivity index (χ4v) is 3.28. The molecule has 3 atom stereocenters. The maximum Gasteiger partial charge on any atom is -0.0353 e. The van der Waals surface area contributed by atoms with E-state index in [2.05, 4.69) is 41.5 Å². The Morgan fingerprint density at radius 3 is 1.73 bits per heavy atom. The maximum absolute atomic E-state index is 2.48. The molecule has 0 heteroatoms. The molecule has 0 amide bonds. The van der Waals surface area contributed by atoms with Gasteiger partial charge in [-0.25, -0.2) is 0 Å². The van der Waals surface area contributed by atoms with Gasteiger partial charge in [0.2, 0.25) is 0 Å². The Hall–Kier alpha value is 0. The zero-order valence-electron chi connectivity index (χ0n) is 11.6. The Balaban J connectivity index is 2.72. The molecule has 1 saturated carbocycles. The lowest BCUT2D eigenvalue weighted by atomic mass is 9.62. The van der Waals surface area contributed by atoms with Crippen LogP contribution in [0.1, 0.15) is 67.2 Å². The fraction of sp³-hybridized carbons (Fsp3) is 1.00. The highest BCUT2D eigenvalue weighted by Crippen LogP contribution is 2.45. The van der Waals surface area contributed by atoms with E-state index in [0.29, 0.717) is 5.41 Å². The zero-order chi connectivity index (χ0) is 11.6. The molecule has 1 aliphatic rings. The summed E-state index contributed by atoms with van der Waals surface area (Å²) in [6.07, 6.45) is 5.88. The van der Waals surface area contributed by atoms with Crippen LogP contribution >= 0.6 is 0 Å². The largest absolute Gasteiger partial charge is 0.0625 e. The van der Waals surface area contributed by atoms with Crippen molar-refractivity contribution in [1.82, 2.24) is 0 Å². The summed E-state index contributed by atoms with van der Waals surface area (Å²) in [5.74, 6) is 3.69. The van der Waals surface area contributed by atoms with Crippen LogP contribution in [0.3, 0.4) is 0 Å². The molecule has 1 fully saturated rings. The third-order valence-corrected chi connectivity index (χ3v) is 4.74. The van der Waals surface area contributed by atoms with E-state index in [-0.39, 0.29) is 0 Å². The summed E-state index contributed by atoms with van der Waals surface area (Å²) < 4.78 is 0. The molecule has 0 spiro atoms. The first-order valence-electron chi connectivity index (χ1n) is 6.84. The van der Waals surface area contributed by atoms with Crippen LogP contribution in [0.15, 0.2) is 0 Å². The van der Waals surface area contributed by atoms with Gasteiger partial charge in [-0.1, -0.05) is 54.4 Å². The predicted molar refractivity (Wildman–Crippen MR) is 68.9 cm³/mol. The summed E-state index contributed by atoms with van der Waals surface area (Å²) in [4.78, 5) is 0. The Labute approximate surface area is 96.8 Å². The summed E-state index contributed by atoms with van der Waals surface area (Å²) in [6.45, 7) is 14.5. The molecule has 0 radical (unpaired) electrons. The third-order valence-electron chi connectivity index (χ3n) is 4.74. The van der Waals surface area contributed by atoms with Crippen molar-refractivity contribution in [3.05, 3.63) is 0 Å².